The van der Waals surface area contributed by atoms with E-state index in [0.29, 0.717) is 0 Å². The molecular formula is C13H23N5. The van der Waals surface area contributed by atoms with Gasteiger partial charge in [-0.2, -0.15) is 0 Å². The zero-order chi connectivity index (χ0) is 12.4. The zero-order valence-corrected chi connectivity index (χ0v) is 11.2. The van der Waals surface area contributed by atoms with Crippen LogP contribution >= 0.6 is 0 Å². The Morgan fingerprint density at radius 1 is 1.28 bits per heavy atom. The molecule has 1 aromatic rings. The maximum absolute atomic E-state index is 4.39. The monoisotopic (exact) mass is 249 g/mol. The Morgan fingerprint density at radius 2 is 2.22 bits per heavy atom. The molecule has 1 saturated heterocycles. The predicted octanol–water partition coefficient (Wildman–Crippen LogP) is 0.656. The normalized spacial score (nSPS) is 24.4. The minimum Gasteiger partial charge on any atom is -0.319 e. The van der Waals surface area contributed by atoms with Gasteiger partial charge < -0.3 is 9.88 Å². The van der Waals surface area contributed by atoms with Crippen LogP contribution in [0.15, 0.2) is 0 Å². The van der Waals surface area contributed by atoms with Gasteiger partial charge in [-0.25, -0.2) is 0 Å². The molecule has 1 N–H and O–H groups in total. The van der Waals surface area contributed by atoms with Crippen LogP contribution in [0.5, 0.6) is 0 Å². The highest BCUT2D eigenvalue weighted by molar-refractivity contribution is 4.99. The van der Waals surface area contributed by atoms with E-state index >= 15 is 0 Å². The molecule has 0 amide bonds. The molecule has 0 spiro atoms. The van der Waals surface area contributed by atoms with Crippen LogP contribution in [0.1, 0.15) is 30.9 Å². The summed E-state index contributed by atoms with van der Waals surface area (Å²) in [5.74, 6) is 3.18. The largest absolute Gasteiger partial charge is 0.319 e. The van der Waals surface area contributed by atoms with Crippen molar-refractivity contribution >= 4 is 0 Å². The number of nitrogens with one attached hydrogen (secondary N) is 1. The van der Waals surface area contributed by atoms with Gasteiger partial charge in [-0.15, -0.1) is 10.2 Å². The second kappa shape index (κ2) is 5.36. The van der Waals surface area contributed by atoms with E-state index in [9.17, 15) is 0 Å². The van der Waals surface area contributed by atoms with Gasteiger partial charge in [0.1, 0.15) is 11.6 Å². The lowest BCUT2D eigenvalue weighted by atomic mass is 10.1. The molecule has 0 saturated carbocycles. The number of aryl methyl sites for hydroxylation is 1. The van der Waals surface area contributed by atoms with E-state index in [1.807, 2.05) is 7.05 Å². The Kier molecular flexibility index (Phi) is 3.61. The van der Waals surface area contributed by atoms with E-state index in [2.05, 4.69) is 25.0 Å². The van der Waals surface area contributed by atoms with Gasteiger partial charge in [0.15, 0.2) is 0 Å². The molecule has 2 aliphatic heterocycles. The standard InChI is InChI=1S/C13H23N5/c1-14-8-11-5-7-17(9-11)10-13-16-15-12-4-2-3-6-18(12)13/h11,14H,2-10H2,1H3. The smallest absolute Gasteiger partial charge is 0.147 e. The first-order chi connectivity index (χ1) is 8.86. The molecule has 1 fully saturated rings. The molecule has 0 bridgehead atoms. The van der Waals surface area contributed by atoms with E-state index in [1.54, 1.807) is 0 Å². The number of rotatable bonds is 4. The van der Waals surface area contributed by atoms with Gasteiger partial charge in [0, 0.05) is 19.5 Å². The zero-order valence-electron chi connectivity index (χ0n) is 11.2. The second-order valence-corrected chi connectivity index (χ2v) is 5.59. The second-order valence-electron chi connectivity index (χ2n) is 5.59. The van der Waals surface area contributed by atoms with Crippen LogP contribution in [0.3, 0.4) is 0 Å². The predicted molar refractivity (Wildman–Crippen MR) is 70.3 cm³/mol. The number of aromatic nitrogens is 3. The summed E-state index contributed by atoms with van der Waals surface area (Å²) in [6, 6.07) is 0. The maximum Gasteiger partial charge on any atom is 0.147 e. The number of hydrogen-bond donors (Lipinski definition) is 1. The lowest BCUT2D eigenvalue weighted by Crippen LogP contribution is -2.26. The third-order valence-corrected chi connectivity index (χ3v) is 4.16. The topological polar surface area (TPSA) is 46.0 Å². The fourth-order valence-corrected chi connectivity index (χ4v) is 3.20. The summed E-state index contributed by atoms with van der Waals surface area (Å²) < 4.78 is 2.34. The van der Waals surface area contributed by atoms with Crippen LogP contribution in [-0.2, 0) is 19.5 Å². The van der Waals surface area contributed by atoms with Crippen LogP contribution in [-0.4, -0.2) is 46.3 Å². The minimum atomic E-state index is 0.804. The molecule has 5 nitrogen and oxygen atoms in total. The van der Waals surface area contributed by atoms with Crippen molar-refractivity contribution in [2.24, 2.45) is 5.92 Å². The van der Waals surface area contributed by atoms with Crippen molar-refractivity contribution in [1.29, 1.82) is 0 Å². The molecule has 3 heterocycles. The molecule has 1 unspecified atom stereocenters. The van der Waals surface area contributed by atoms with E-state index in [0.717, 1.165) is 32.0 Å². The van der Waals surface area contributed by atoms with Crippen LogP contribution in [0, 0.1) is 5.92 Å². The van der Waals surface area contributed by atoms with Gasteiger partial charge >= 0.3 is 0 Å². The lowest BCUT2D eigenvalue weighted by molar-refractivity contribution is 0.299. The van der Waals surface area contributed by atoms with Gasteiger partial charge in [0.2, 0.25) is 0 Å². The highest BCUT2D eigenvalue weighted by atomic mass is 15.3. The van der Waals surface area contributed by atoms with Gasteiger partial charge in [-0.1, -0.05) is 0 Å². The van der Waals surface area contributed by atoms with Crippen molar-refractivity contribution in [3.63, 3.8) is 0 Å². The van der Waals surface area contributed by atoms with Crippen LogP contribution in [0.2, 0.25) is 0 Å². The van der Waals surface area contributed by atoms with Gasteiger partial charge in [0.05, 0.1) is 6.54 Å². The van der Waals surface area contributed by atoms with Gasteiger partial charge in [0.25, 0.3) is 0 Å². The fourth-order valence-electron chi connectivity index (χ4n) is 3.20. The molecule has 0 aromatic carbocycles. The Hall–Kier alpha value is -0.940. The molecule has 1 atom stereocenters. The van der Waals surface area contributed by atoms with Crippen molar-refractivity contribution in [3.05, 3.63) is 11.6 Å². The summed E-state index contributed by atoms with van der Waals surface area (Å²) in [5, 5.41) is 12.0. The number of likely N-dealkylation sites (tertiary alicyclic amines) is 1. The van der Waals surface area contributed by atoms with Crippen LogP contribution < -0.4 is 5.32 Å². The molecule has 18 heavy (non-hydrogen) atoms. The molecule has 3 rings (SSSR count). The van der Waals surface area contributed by atoms with Crippen molar-refractivity contribution < 1.29 is 0 Å². The summed E-state index contributed by atoms with van der Waals surface area (Å²) in [5.41, 5.74) is 0. The molecule has 0 aliphatic carbocycles. The Bertz CT molecular complexity index is 400. The molecule has 2 aliphatic rings. The summed E-state index contributed by atoms with van der Waals surface area (Å²) in [4.78, 5) is 2.52. The summed E-state index contributed by atoms with van der Waals surface area (Å²) in [6.07, 6.45) is 4.96. The maximum atomic E-state index is 4.39. The summed E-state index contributed by atoms with van der Waals surface area (Å²) in [6.45, 7) is 5.63. The molecule has 0 radical (unpaired) electrons. The van der Waals surface area contributed by atoms with Crippen molar-refractivity contribution in [3.8, 4) is 0 Å². The van der Waals surface area contributed by atoms with E-state index < -0.39 is 0 Å². The summed E-state index contributed by atoms with van der Waals surface area (Å²) in [7, 11) is 2.04. The summed E-state index contributed by atoms with van der Waals surface area (Å²) >= 11 is 0. The first kappa shape index (κ1) is 12.1. The molecule has 5 heteroatoms. The molecule has 100 valence electrons. The third-order valence-electron chi connectivity index (χ3n) is 4.16. The van der Waals surface area contributed by atoms with Crippen molar-refractivity contribution in [2.75, 3.05) is 26.7 Å². The number of nitrogens with zero attached hydrogens (tertiary/aromatic N) is 4. The lowest BCUT2D eigenvalue weighted by Gasteiger charge is -2.18. The Labute approximate surface area is 109 Å². The quantitative estimate of drug-likeness (QED) is 0.851. The molecular weight excluding hydrogens is 226 g/mol. The van der Waals surface area contributed by atoms with Gasteiger partial charge in [-0.3, -0.25) is 4.90 Å². The average molecular weight is 249 g/mol. The van der Waals surface area contributed by atoms with E-state index in [1.165, 1.54) is 44.0 Å². The van der Waals surface area contributed by atoms with Crippen LogP contribution in [0.25, 0.3) is 0 Å². The Balaban J connectivity index is 1.62. The molecule has 1 aromatic heterocycles. The minimum absolute atomic E-state index is 0.804. The first-order valence-corrected chi connectivity index (χ1v) is 7.14. The fraction of sp³-hybridized carbons (Fsp3) is 0.846. The Morgan fingerprint density at radius 3 is 3.11 bits per heavy atom. The number of hydrogen-bond acceptors (Lipinski definition) is 4. The van der Waals surface area contributed by atoms with Crippen molar-refractivity contribution in [1.82, 2.24) is 25.0 Å². The SMILES string of the molecule is CNCC1CCN(Cc2nnc3n2CCCC3)C1. The third kappa shape index (κ3) is 2.42. The highest BCUT2D eigenvalue weighted by Gasteiger charge is 2.24. The average Bonchev–Trinajstić information content (AvgIpc) is 2.99. The number of fused-ring (bicyclic) bond motifs is 1. The van der Waals surface area contributed by atoms with E-state index in [4.69, 9.17) is 0 Å². The highest BCUT2D eigenvalue weighted by Crippen LogP contribution is 2.20. The van der Waals surface area contributed by atoms with E-state index in [-0.39, 0.29) is 0 Å². The first-order valence-electron chi connectivity index (χ1n) is 7.14. The van der Waals surface area contributed by atoms with Crippen LogP contribution in [0.4, 0.5) is 0 Å². The van der Waals surface area contributed by atoms with Crippen molar-refractivity contribution in [2.45, 2.75) is 38.8 Å². The van der Waals surface area contributed by atoms with Gasteiger partial charge in [-0.05, 0) is 45.3 Å².